The van der Waals surface area contributed by atoms with Gasteiger partial charge in [0.05, 0.1) is 13.2 Å². The van der Waals surface area contributed by atoms with E-state index in [9.17, 15) is 13.6 Å². The minimum Gasteiger partial charge on any atom is -0.378 e. The summed E-state index contributed by atoms with van der Waals surface area (Å²) in [5.41, 5.74) is 1.50. The molecule has 2 fully saturated rings. The van der Waals surface area contributed by atoms with Crippen LogP contribution in [0.3, 0.4) is 0 Å². The number of rotatable bonds is 4. The van der Waals surface area contributed by atoms with Gasteiger partial charge in [0, 0.05) is 30.1 Å². The van der Waals surface area contributed by atoms with Gasteiger partial charge < -0.3 is 4.74 Å². The van der Waals surface area contributed by atoms with Gasteiger partial charge in [-0.3, -0.25) is 9.69 Å². The lowest BCUT2D eigenvalue weighted by Crippen LogP contribution is -2.57. The van der Waals surface area contributed by atoms with Gasteiger partial charge in [-0.1, -0.05) is 30.3 Å². The molecule has 0 saturated carbocycles. The molecular weight excluding hydrogens is 336 g/mol. The molecule has 0 amide bonds. The summed E-state index contributed by atoms with van der Waals surface area (Å²) in [4.78, 5) is 15.2. The highest BCUT2D eigenvalue weighted by molar-refractivity contribution is 5.98. The van der Waals surface area contributed by atoms with Crippen molar-refractivity contribution in [2.75, 3.05) is 13.2 Å². The maximum Gasteiger partial charge on any atom is 0.166 e. The average molecular weight is 357 g/mol. The number of carbonyl (C=O) groups excluding carboxylic acids is 1. The van der Waals surface area contributed by atoms with Crippen molar-refractivity contribution < 1.29 is 18.3 Å². The van der Waals surface area contributed by atoms with Crippen LogP contribution in [0.25, 0.3) is 0 Å². The molecule has 2 aliphatic heterocycles. The third-order valence-corrected chi connectivity index (χ3v) is 5.45. The Bertz CT molecular complexity index is 782. The molecule has 0 aliphatic carbocycles. The Hall–Kier alpha value is -2.11. The summed E-state index contributed by atoms with van der Waals surface area (Å²) in [6, 6.07) is 14.0. The maximum absolute atomic E-state index is 13.5. The quantitative estimate of drug-likeness (QED) is 0.779. The van der Waals surface area contributed by atoms with E-state index in [1.54, 1.807) is 0 Å². The number of halogens is 2. The number of benzene rings is 2. The average Bonchev–Trinajstić information content (AvgIpc) is 2.64. The minimum absolute atomic E-state index is 0.0971. The lowest BCUT2D eigenvalue weighted by atomic mass is 9.80. The number of fused-ring (bicyclic) bond motifs is 2. The summed E-state index contributed by atoms with van der Waals surface area (Å²) >= 11 is 0. The van der Waals surface area contributed by atoms with Crippen LogP contribution in [-0.4, -0.2) is 36.0 Å². The number of hydrogen-bond donors (Lipinski definition) is 0. The first-order valence-corrected chi connectivity index (χ1v) is 8.98. The zero-order chi connectivity index (χ0) is 18.1. The van der Waals surface area contributed by atoms with Crippen LogP contribution in [0.15, 0.2) is 48.5 Å². The van der Waals surface area contributed by atoms with Crippen LogP contribution in [0.5, 0.6) is 0 Å². The zero-order valence-electron chi connectivity index (χ0n) is 14.4. The number of Topliss-reactive ketones (excluding diaryl/α,β-unsaturated/α-hetero) is 1. The highest BCUT2D eigenvalue weighted by atomic mass is 19.2. The van der Waals surface area contributed by atoms with Crippen LogP contribution < -0.4 is 0 Å². The van der Waals surface area contributed by atoms with Crippen LogP contribution in [0.1, 0.15) is 28.8 Å². The molecule has 2 bridgehead atoms. The third kappa shape index (κ3) is 3.41. The van der Waals surface area contributed by atoms with Gasteiger partial charge in [0.1, 0.15) is 0 Å². The first kappa shape index (κ1) is 17.3. The van der Waals surface area contributed by atoms with Crippen LogP contribution in [0.4, 0.5) is 8.78 Å². The molecule has 2 atom stereocenters. The SMILES string of the molecule is O=C(c1ccc(F)c(F)c1)C1CC2COCC(C1)N2Cc1ccccc1. The molecule has 2 aliphatic rings. The molecule has 3 nitrogen and oxygen atoms in total. The van der Waals surface area contributed by atoms with E-state index in [-0.39, 0.29) is 29.3 Å². The van der Waals surface area contributed by atoms with Crippen molar-refractivity contribution in [2.24, 2.45) is 5.92 Å². The molecule has 0 spiro atoms. The lowest BCUT2D eigenvalue weighted by molar-refractivity contribution is -0.0872. The van der Waals surface area contributed by atoms with E-state index in [1.807, 2.05) is 18.2 Å². The first-order chi connectivity index (χ1) is 12.6. The fourth-order valence-corrected chi connectivity index (χ4v) is 4.14. The number of piperidine rings is 1. The summed E-state index contributed by atoms with van der Waals surface area (Å²) in [5, 5.41) is 0. The molecule has 5 heteroatoms. The number of morpholine rings is 1. The normalized spacial score (nSPS) is 25.8. The molecule has 4 rings (SSSR count). The van der Waals surface area contributed by atoms with Gasteiger partial charge in [0.2, 0.25) is 0 Å². The zero-order valence-corrected chi connectivity index (χ0v) is 14.4. The number of carbonyl (C=O) groups is 1. The number of nitrogens with zero attached hydrogens (tertiary/aromatic N) is 1. The van der Waals surface area contributed by atoms with E-state index in [2.05, 4.69) is 17.0 Å². The van der Waals surface area contributed by atoms with Crippen molar-refractivity contribution >= 4 is 5.78 Å². The van der Waals surface area contributed by atoms with E-state index in [4.69, 9.17) is 4.74 Å². The summed E-state index contributed by atoms with van der Waals surface area (Å²) in [6.07, 6.45) is 1.36. The van der Waals surface area contributed by atoms with E-state index >= 15 is 0 Å². The molecular formula is C21H21F2NO2. The Labute approximate surface area is 151 Å². The predicted octanol–water partition coefficient (Wildman–Crippen LogP) is 3.83. The Morgan fingerprint density at radius 1 is 1.00 bits per heavy atom. The van der Waals surface area contributed by atoms with Crippen molar-refractivity contribution in [3.05, 3.63) is 71.3 Å². The highest BCUT2D eigenvalue weighted by Crippen LogP contribution is 2.34. The van der Waals surface area contributed by atoms with Gasteiger partial charge in [0.25, 0.3) is 0 Å². The number of ketones is 1. The topological polar surface area (TPSA) is 29.5 Å². The largest absolute Gasteiger partial charge is 0.378 e. The second kappa shape index (κ2) is 7.25. The van der Waals surface area contributed by atoms with E-state index < -0.39 is 11.6 Å². The van der Waals surface area contributed by atoms with E-state index in [0.29, 0.717) is 26.1 Å². The summed E-state index contributed by atoms with van der Waals surface area (Å²) < 4.78 is 32.3. The van der Waals surface area contributed by atoms with Crippen LogP contribution in [0.2, 0.25) is 0 Å². The first-order valence-electron chi connectivity index (χ1n) is 8.98. The number of hydrogen-bond acceptors (Lipinski definition) is 3. The van der Waals surface area contributed by atoms with Gasteiger partial charge in [-0.15, -0.1) is 0 Å². The molecule has 0 radical (unpaired) electrons. The lowest BCUT2D eigenvalue weighted by Gasteiger charge is -2.48. The monoisotopic (exact) mass is 357 g/mol. The Balaban J connectivity index is 1.50. The predicted molar refractivity (Wildman–Crippen MR) is 93.8 cm³/mol. The summed E-state index contributed by atoms with van der Waals surface area (Å²) in [5.74, 6) is -2.17. The molecule has 26 heavy (non-hydrogen) atoms. The fraction of sp³-hybridized carbons (Fsp3) is 0.381. The van der Waals surface area contributed by atoms with Crippen LogP contribution >= 0.6 is 0 Å². The summed E-state index contributed by atoms with van der Waals surface area (Å²) in [7, 11) is 0. The Kier molecular flexibility index (Phi) is 4.83. The van der Waals surface area contributed by atoms with Crippen molar-refractivity contribution in [1.29, 1.82) is 0 Å². The van der Waals surface area contributed by atoms with Crippen molar-refractivity contribution in [3.63, 3.8) is 0 Å². The van der Waals surface area contributed by atoms with Crippen molar-refractivity contribution in [3.8, 4) is 0 Å². The van der Waals surface area contributed by atoms with Gasteiger partial charge in [0.15, 0.2) is 17.4 Å². The summed E-state index contributed by atoms with van der Waals surface area (Å²) in [6.45, 7) is 2.04. The molecule has 0 aromatic heterocycles. The second-order valence-electron chi connectivity index (χ2n) is 7.16. The fourth-order valence-electron chi connectivity index (χ4n) is 4.14. The van der Waals surface area contributed by atoms with Gasteiger partial charge in [-0.25, -0.2) is 8.78 Å². The smallest absolute Gasteiger partial charge is 0.166 e. The Morgan fingerprint density at radius 3 is 2.35 bits per heavy atom. The van der Waals surface area contributed by atoms with Gasteiger partial charge in [-0.05, 0) is 36.6 Å². The third-order valence-electron chi connectivity index (χ3n) is 5.45. The highest BCUT2D eigenvalue weighted by Gasteiger charge is 2.41. The van der Waals surface area contributed by atoms with Crippen LogP contribution in [-0.2, 0) is 11.3 Å². The van der Waals surface area contributed by atoms with E-state index in [1.165, 1.54) is 11.6 Å². The second-order valence-corrected chi connectivity index (χ2v) is 7.16. The number of ether oxygens (including phenoxy) is 1. The minimum atomic E-state index is -0.971. The van der Waals surface area contributed by atoms with Crippen LogP contribution in [0, 0.1) is 17.6 Å². The van der Waals surface area contributed by atoms with Crippen molar-refractivity contribution in [1.82, 2.24) is 4.90 Å². The molecule has 2 heterocycles. The molecule has 0 N–H and O–H groups in total. The van der Waals surface area contributed by atoms with Gasteiger partial charge in [-0.2, -0.15) is 0 Å². The molecule has 2 aromatic rings. The standard InChI is InChI=1S/C21H21F2NO2/c22-19-7-6-15(10-20(19)23)21(25)16-8-17-12-26-13-18(9-16)24(17)11-14-4-2-1-3-5-14/h1-7,10,16-18H,8-9,11-13H2. The maximum atomic E-state index is 13.5. The van der Waals surface area contributed by atoms with E-state index in [0.717, 1.165) is 18.7 Å². The Morgan fingerprint density at radius 2 is 1.69 bits per heavy atom. The molecule has 2 aromatic carbocycles. The molecule has 2 unspecified atom stereocenters. The van der Waals surface area contributed by atoms with Crippen molar-refractivity contribution in [2.45, 2.75) is 31.5 Å². The molecule has 2 saturated heterocycles. The molecule has 136 valence electrons. The van der Waals surface area contributed by atoms with Gasteiger partial charge >= 0.3 is 0 Å².